The van der Waals surface area contributed by atoms with Crippen LogP contribution in [0.4, 0.5) is 0 Å². The molecular weight excluding hydrogens is 254 g/mol. The third-order valence-corrected chi connectivity index (χ3v) is 4.71. The third kappa shape index (κ3) is 4.43. The van der Waals surface area contributed by atoms with Crippen molar-refractivity contribution >= 4 is 5.91 Å². The van der Waals surface area contributed by atoms with Crippen molar-refractivity contribution in [1.29, 1.82) is 0 Å². The van der Waals surface area contributed by atoms with E-state index in [-0.39, 0.29) is 11.9 Å². The van der Waals surface area contributed by atoms with Crippen LogP contribution in [-0.4, -0.2) is 55.7 Å². The first-order valence-electron chi connectivity index (χ1n) is 7.99. The van der Waals surface area contributed by atoms with Gasteiger partial charge in [0, 0.05) is 32.3 Å². The van der Waals surface area contributed by atoms with Gasteiger partial charge in [-0.05, 0) is 25.7 Å². The maximum Gasteiger partial charge on any atom is 0.234 e. The zero-order valence-corrected chi connectivity index (χ0v) is 12.6. The zero-order valence-electron chi connectivity index (χ0n) is 12.6. The first-order valence-corrected chi connectivity index (χ1v) is 7.99. The summed E-state index contributed by atoms with van der Waals surface area (Å²) in [5, 5.41) is 3.18. The molecular formula is C15H29N3O2. The van der Waals surface area contributed by atoms with E-state index >= 15 is 0 Å². The van der Waals surface area contributed by atoms with Gasteiger partial charge in [-0.3, -0.25) is 9.69 Å². The van der Waals surface area contributed by atoms with Gasteiger partial charge in [-0.25, -0.2) is 0 Å². The Kier molecular flexibility index (Phi) is 6.26. The summed E-state index contributed by atoms with van der Waals surface area (Å²) in [6.07, 6.45) is 8.29. The van der Waals surface area contributed by atoms with Gasteiger partial charge in [0.05, 0.1) is 12.6 Å². The average Bonchev–Trinajstić information content (AvgIpc) is 2.48. The number of hydrogen-bond acceptors (Lipinski definition) is 4. The fourth-order valence-electron chi connectivity index (χ4n) is 3.43. The van der Waals surface area contributed by atoms with E-state index in [9.17, 15) is 4.79 Å². The predicted octanol–water partition coefficient (Wildman–Crippen LogP) is 0.873. The van der Waals surface area contributed by atoms with Crippen LogP contribution in [0.25, 0.3) is 0 Å². The van der Waals surface area contributed by atoms with Crippen molar-refractivity contribution in [2.45, 2.75) is 63.1 Å². The molecule has 5 nitrogen and oxygen atoms in total. The molecule has 0 aromatic heterocycles. The van der Waals surface area contributed by atoms with Gasteiger partial charge in [-0.15, -0.1) is 0 Å². The highest BCUT2D eigenvalue weighted by atomic mass is 16.5. The number of piperidine rings is 1. The van der Waals surface area contributed by atoms with Crippen LogP contribution in [-0.2, 0) is 9.53 Å². The van der Waals surface area contributed by atoms with Gasteiger partial charge < -0.3 is 15.8 Å². The molecule has 1 heterocycles. The van der Waals surface area contributed by atoms with E-state index in [0.717, 1.165) is 32.2 Å². The van der Waals surface area contributed by atoms with E-state index in [2.05, 4.69) is 10.2 Å². The summed E-state index contributed by atoms with van der Waals surface area (Å²) < 4.78 is 5.42. The first-order chi connectivity index (χ1) is 9.72. The molecule has 2 atom stereocenters. The van der Waals surface area contributed by atoms with Crippen molar-refractivity contribution in [3.63, 3.8) is 0 Å². The quantitative estimate of drug-likeness (QED) is 0.786. The van der Waals surface area contributed by atoms with E-state index in [1.807, 2.05) is 0 Å². The Balaban J connectivity index is 1.77. The lowest BCUT2D eigenvalue weighted by Crippen LogP contribution is -2.52. The fourth-order valence-corrected chi connectivity index (χ4v) is 3.43. The fraction of sp³-hybridized carbons (Fsp3) is 0.933. The Hall–Kier alpha value is -0.650. The maximum atomic E-state index is 12.2. The molecule has 0 aromatic carbocycles. The molecule has 0 aromatic rings. The van der Waals surface area contributed by atoms with Crippen molar-refractivity contribution in [3.05, 3.63) is 0 Å². The van der Waals surface area contributed by atoms with Crippen molar-refractivity contribution in [3.8, 4) is 0 Å². The molecule has 116 valence electrons. The summed E-state index contributed by atoms with van der Waals surface area (Å²) in [5.41, 5.74) is 5.84. The standard InChI is InChI=1S/C15H29N3O2/c1-20-14-7-8-18(13(9-14)10-16)11-15(19)17-12-5-3-2-4-6-12/h12-14H,2-11,16H2,1H3,(H,17,19). The predicted molar refractivity (Wildman–Crippen MR) is 79.5 cm³/mol. The SMILES string of the molecule is COC1CCN(CC(=O)NC2CCCCC2)C(CN)C1. The normalized spacial score (nSPS) is 29.3. The smallest absolute Gasteiger partial charge is 0.234 e. The molecule has 2 fully saturated rings. The highest BCUT2D eigenvalue weighted by Crippen LogP contribution is 2.20. The zero-order chi connectivity index (χ0) is 14.4. The lowest BCUT2D eigenvalue weighted by Gasteiger charge is -2.38. The van der Waals surface area contributed by atoms with Crippen molar-refractivity contribution in [2.75, 3.05) is 26.7 Å². The minimum Gasteiger partial charge on any atom is -0.381 e. The van der Waals surface area contributed by atoms with E-state index in [1.54, 1.807) is 7.11 Å². The van der Waals surface area contributed by atoms with E-state index < -0.39 is 0 Å². The van der Waals surface area contributed by atoms with Crippen molar-refractivity contribution in [1.82, 2.24) is 10.2 Å². The summed E-state index contributed by atoms with van der Waals surface area (Å²) >= 11 is 0. The van der Waals surface area contributed by atoms with Crippen LogP contribution in [0, 0.1) is 0 Å². The minimum absolute atomic E-state index is 0.159. The Morgan fingerprint density at radius 2 is 2.05 bits per heavy atom. The number of ether oxygens (including phenoxy) is 1. The largest absolute Gasteiger partial charge is 0.381 e. The van der Waals surface area contributed by atoms with Crippen LogP contribution in [0.1, 0.15) is 44.9 Å². The topological polar surface area (TPSA) is 67.6 Å². The molecule has 2 aliphatic rings. The van der Waals surface area contributed by atoms with Gasteiger partial charge in [-0.1, -0.05) is 19.3 Å². The van der Waals surface area contributed by atoms with Crippen LogP contribution in [0.15, 0.2) is 0 Å². The summed E-state index contributed by atoms with van der Waals surface area (Å²) in [6.45, 7) is 1.98. The van der Waals surface area contributed by atoms with E-state index in [0.29, 0.717) is 25.2 Å². The van der Waals surface area contributed by atoms with Gasteiger partial charge in [-0.2, -0.15) is 0 Å². The van der Waals surface area contributed by atoms with Gasteiger partial charge in [0.2, 0.25) is 5.91 Å². The molecule has 2 unspecified atom stereocenters. The van der Waals surface area contributed by atoms with E-state index in [1.165, 1.54) is 19.3 Å². The van der Waals surface area contributed by atoms with Gasteiger partial charge >= 0.3 is 0 Å². The monoisotopic (exact) mass is 283 g/mol. The lowest BCUT2D eigenvalue weighted by molar-refractivity contribution is -0.124. The molecule has 2 rings (SSSR count). The maximum absolute atomic E-state index is 12.2. The van der Waals surface area contributed by atoms with Crippen molar-refractivity contribution in [2.24, 2.45) is 5.73 Å². The Morgan fingerprint density at radius 1 is 1.30 bits per heavy atom. The summed E-state index contributed by atoms with van der Waals surface area (Å²) in [4.78, 5) is 14.4. The number of carbonyl (C=O) groups excluding carboxylic acids is 1. The second kappa shape index (κ2) is 7.96. The summed E-state index contributed by atoms with van der Waals surface area (Å²) in [6, 6.07) is 0.662. The number of methoxy groups -OCH3 is 1. The highest BCUT2D eigenvalue weighted by molar-refractivity contribution is 5.78. The van der Waals surface area contributed by atoms with Crippen LogP contribution in [0.3, 0.4) is 0 Å². The van der Waals surface area contributed by atoms with Gasteiger partial charge in [0.25, 0.3) is 0 Å². The Bertz CT molecular complexity index is 305. The molecule has 20 heavy (non-hydrogen) atoms. The molecule has 3 N–H and O–H groups in total. The molecule has 1 amide bonds. The number of carbonyl (C=O) groups is 1. The average molecular weight is 283 g/mol. The Morgan fingerprint density at radius 3 is 2.70 bits per heavy atom. The second-order valence-corrected chi connectivity index (χ2v) is 6.14. The van der Waals surface area contributed by atoms with E-state index in [4.69, 9.17) is 10.5 Å². The third-order valence-electron chi connectivity index (χ3n) is 4.71. The lowest BCUT2D eigenvalue weighted by atomic mass is 9.95. The molecule has 0 bridgehead atoms. The van der Waals surface area contributed by atoms with Crippen LogP contribution >= 0.6 is 0 Å². The molecule has 5 heteroatoms. The van der Waals surface area contributed by atoms with Crippen molar-refractivity contribution < 1.29 is 9.53 Å². The number of nitrogens with two attached hydrogens (primary N) is 1. The summed E-state index contributed by atoms with van der Waals surface area (Å²) in [5.74, 6) is 0.159. The van der Waals surface area contributed by atoms with Crippen LogP contribution in [0.5, 0.6) is 0 Å². The minimum atomic E-state index is 0.159. The number of hydrogen-bond donors (Lipinski definition) is 2. The Labute approximate surface area is 122 Å². The first kappa shape index (κ1) is 15.7. The second-order valence-electron chi connectivity index (χ2n) is 6.14. The number of nitrogens with one attached hydrogen (secondary N) is 1. The number of rotatable bonds is 5. The number of amides is 1. The van der Waals surface area contributed by atoms with Gasteiger partial charge in [0.15, 0.2) is 0 Å². The number of nitrogens with zero attached hydrogens (tertiary/aromatic N) is 1. The highest BCUT2D eigenvalue weighted by Gasteiger charge is 2.29. The molecule has 0 radical (unpaired) electrons. The van der Waals surface area contributed by atoms with Gasteiger partial charge in [0.1, 0.15) is 0 Å². The molecule has 1 aliphatic heterocycles. The van der Waals surface area contributed by atoms with Crippen LogP contribution < -0.4 is 11.1 Å². The molecule has 1 saturated carbocycles. The number of likely N-dealkylation sites (tertiary alicyclic amines) is 1. The van der Waals surface area contributed by atoms with Crippen LogP contribution in [0.2, 0.25) is 0 Å². The molecule has 1 aliphatic carbocycles. The molecule has 1 saturated heterocycles. The molecule has 0 spiro atoms. The summed E-state index contributed by atoms with van der Waals surface area (Å²) in [7, 11) is 1.75.